The number of carbonyl (C=O) groups excluding carboxylic acids is 1. The molecule has 0 spiro atoms. The number of nitrogens with one attached hydrogen (secondary N) is 1. The first-order valence-electron chi connectivity index (χ1n) is 5.13. The van der Waals surface area contributed by atoms with Gasteiger partial charge >= 0.3 is 6.09 Å². The number of hydrogen-bond donors (Lipinski definition) is 1. The van der Waals surface area contributed by atoms with E-state index in [-0.39, 0.29) is 9.62 Å². The molecule has 0 bridgehead atoms. The number of amides is 1. The number of oxime groups is 1. The van der Waals surface area contributed by atoms with Crippen LogP contribution in [0.3, 0.4) is 0 Å². The fraction of sp³-hybridized carbons (Fsp3) is 0. The Bertz CT molecular complexity index is 643. The van der Waals surface area contributed by atoms with Gasteiger partial charge in [0, 0.05) is 10.7 Å². The zero-order valence-corrected chi connectivity index (χ0v) is 12.7. The molecule has 0 fully saturated rings. The Labute approximate surface area is 133 Å². The quantitative estimate of drug-likeness (QED) is 0.496. The summed E-state index contributed by atoms with van der Waals surface area (Å²) in [5.74, 6) is 0. The average molecular weight is 351 g/mol. The Hall–Kier alpha value is -1.34. The number of carbonyl (C=O) groups is 1. The molecule has 0 radical (unpaired) electrons. The summed E-state index contributed by atoms with van der Waals surface area (Å²) >= 11 is 18.3. The van der Waals surface area contributed by atoms with Crippen molar-refractivity contribution in [1.29, 1.82) is 0 Å². The van der Waals surface area contributed by atoms with E-state index in [0.29, 0.717) is 15.6 Å². The summed E-state index contributed by atoms with van der Waals surface area (Å²) < 4.78 is 0.280. The smallest absolute Gasteiger partial charge is 0.298 e. The van der Waals surface area contributed by atoms with Gasteiger partial charge in [0.15, 0.2) is 9.62 Å². The van der Waals surface area contributed by atoms with E-state index >= 15 is 0 Å². The van der Waals surface area contributed by atoms with Crippen LogP contribution in [0.4, 0.5) is 10.5 Å². The van der Waals surface area contributed by atoms with E-state index in [1.807, 2.05) is 0 Å². The molecule has 0 aliphatic heterocycles. The Kier molecular flexibility index (Phi) is 5.19. The van der Waals surface area contributed by atoms with Crippen LogP contribution in [-0.4, -0.2) is 17.3 Å². The highest BCUT2D eigenvalue weighted by atomic mass is 35.5. The molecule has 0 aliphatic rings. The molecule has 9 heteroatoms. The summed E-state index contributed by atoms with van der Waals surface area (Å²) in [6.07, 6.45) is 0.517. The van der Waals surface area contributed by atoms with Crippen molar-refractivity contribution in [2.75, 3.05) is 5.32 Å². The van der Waals surface area contributed by atoms with Gasteiger partial charge in [0.25, 0.3) is 0 Å². The van der Waals surface area contributed by atoms with E-state index in [1.54, 1.807) is 24.3 Å². The predicted octanol–water partition coefficient (Wildman–Crippen LogP) is 4.69. The van der Waals surface area contributed by atoms with Crippen LogP contribution in [0.1, 0.15) is 4.88 Å². The maximum absolute atomic E-state index is 11.4. The Morgan fingerprint density at radius 2 is 2.00 bits per heavy atom. The van der Waals surface area contributed by atoms with Crippen molar-refractivity contribution >= 4 is 64.1 Å². The molecule has 0 unspecified atom stereocenters. The van der Waals surface area contributed by atoms with Crippen molar-refractivity contribution < 1.29 is 9.63 Å². The molecule has 0 saturated heterocycles. The van der Waals surface area contributed by atoms with Gasteiger partial charge in [-0.1, -0.05) is 51.3 Å². The molecule has 1 heterocycles. The fourth-order valence-corrected chi connectivity index (χ4v) is 2.51. The molecule has 0 saturated carbocycles. The van der Waals surface area contributed by atoms with Gasteiger partial charge < -0.3 is 0 Å². The minimum Gasteiger partial charge on any atom is -0.298 e. The highest BCUT2D eigenvalue weighted by Crippen LogP contribution is 2.24. The monoisotopic (exact) mass is 349 g/mol. The number of hydrogen-bond acceptors (Lipinski definition) is 5. The number of anilines is 1. The van der Waals surface area contributed by atoms with E-state index in [9.17, 15) is 4.79 Å². The number of aromatic nitrogens is 1. The van der Waals surface area contributed by atoms with Crippen molar-refractivity contribution in [3.63, 3.8) is 0 Å². The van der Waals surface area contributed by atoms with Crippen LogP contribution >= 0.6 is 46.1 Å². The third-order valence-corrected chi connectivity index (χ3v) is 3.73. The number of thiazole rings is 1. The van der Waals surface area contributed by atoms with E-state index < -0.39 is 6.09 Å². The molecule has 1 amide bonds. The van der Waals surface area contributed by atoms with Gasteiger partial charge in [-0.3, -0.25) is 10.2 Å². The Morgan fingerprint density at radius 3 is 2.60 bits per heavy atom. The molecule has 1 aromatic carbocycles. The third kappa shape index (κ3) is 4.35. The lowest BCUT2D eigenvalue weighted by Crippen LogP contribution is -2.10. The molecule has 104 valence electrons. The summed E-state index contributed by atoms with van der Waals surface area (Å²) in [5, 5.41) is 6.73. The van der Waals surface area contributed by atoms with Gasteiger partial charge in [0.05, 0.1) is 11.1 Å². The first-order valence-corrected chi connectivity index (χ1v) is 7.08. The zero-order chi connectivity index (χ0) is 14.5. The molecule has 5 nitrogen and oxygen atoms in total. The predicted molar refractivity (Wildman–Crippen MR) is 81.3 cm³/mol. The molecule has 0 aliphatic carbocycles. The standard InChI is InChI=1S/C11H6Cl3N3O2S/c12-6-1-3-7(4-2-6)16-11(18)19-15-5-8-9(13)17-10(14)20-8/h1-5H,(H,16,18)/b15-5-. The van der Waals surface area contributed by atoms with E-state index in [0.717, 1.165) is 11.3 Å². The van der Waals surface area contributed by atoms with Gasteiger partial charge in [-0.15, -0.1) is 0 Å². The lowest BCUT2D eigenvalue weighted by atomic mass is 10.3. The molecule has 0 atom stereocenters. The number of benzene rings is 1. The van der Waals surface area contributed by atoms with Crippen LogP contribution < -0.4 is 5.32 Å². The van der Waals surface area contributed by atoms with Crippen LogP contribution in [-0.2, 0) is 4.84 Å². The van der Waals surface area contributed by atoms with E-state index in [4.69, 9.17) is 34.8 Å². The summed E-state index contributed by atoms with van der Waals surface area (Å²) in [7, 11) is 0. The third-order valence-electron chi connectivity index (χ3n) is 1.98. The van der Waals surface area contributed by atoms with Crippen molar-refractivity contribution in [2.24, 2.45) is 5.16 Å². The minimum absolute atomic E-state index is 0.199. The van der Waals surface area contributed by atoms with Crippen molar-refractivity contribution in [3.8, 4) is 0 Å². The topological polar surface area (TPSA) is 63.6 Å². The number of halogens is 3. The second-order valence-corrected chi connectivity index (χ2v) is 5.77. The first kappa shape index (κ1) is 15.1. The maximum atomic E-state index is 11.4. The zero-order valence-electron chi connectivity index (χ0n) is 9.64. The highest BCUT2D eigenvalue weighted by molar-refractivity contribution is 7.17. The Morgan fingerprint density at radius 1 is 1.30 bits per heavy atom. The summed E-state index contributed by atoms with van der Waals surface area (Å²) in [6.45, 7) is 0. The summed E-state index contributed by atoms with van der Waals surface area (Å²) in [4.78, 5) is 20.3. The van der Waals surface area contributed by atoms with Gasteiger partial charge in [-0.05, 0) is 24.3 Å². The molecular weight excluding hydrogens is 345 g/mol. The fourth-order valence-electron chi connectivity index (χ4n) is 1.16. The van der Waals surface area contributed by atoms with Crippen LogP contribution in [0.5, 0.6) is 0 Å². The number of rotatable bonds is 3. The summed E-state index contributed by atoms with van der Waals surface area (Å²) in [5.41, 5.74) is 0.536. The second-order valence-electron chi connectivity index (χ2n) is 3.37. The van der Waals surface area contributed by atoms with E-state index in [2.05, 4.69) is 20.3 Å². The average Bonchev–Trinajstić information content (AvgIpc) is 2.71. The van der Waals surface area contributed by atoms with Crippen molar-refractivity contribution in [1.82, 2.24) is 4.98 Å². The normalized spacial score (nSPS) is 10.8. The largest absolute Gasteiger partial charge is 0.437 e. The lowest BCUT2D eigenvalue weighted by Gasteiger charge is -2.01. The minimum atomic E-state index is -0.740. The van der Waals surface area contributed by atoms with Crippen LogP contribution in [0.15, 0.2) is 29.4 Å². The van der Waals surface area contributed by atoms with Gasteiger partial charge in [-0.2, -0.15) is 0 Å². The first-order chi connectivity index (χ1) is 9.54. The van der Waals surface area contributed by atoms with Crippen molar-refractivity contribution in [3.05, 3.63) is 43.8 Å². The highest BCUT2D eigenvalue weighted by Gasteiger charge is 2.06. The molecule has 20 heavy (non-hydrogen) atoms. The molecular formula is C11H6Cl3N3O2S. The Balaban J connectivity index is 1.89. The number of nitrogens with zero attached hydrogens (tertiary/aromatic N) is 2. The molecule has 2 rings (SSSR count). The van der Waals surface area contributed by atoms with Gasteiger partial charge in [0.1, 0.15) is 0 Å². The van der Waals surface area contributed by atoms with Crippen LogP contribution in [0.25, 0.3) is 0 Å². The SMILES string of the molecule is O=C(Nc1ccc(Cl)cc1)O/N=C\c1sc(Cl)nc1Cl. The van der Waals surface area contributed by atoms with Gasteiger partial charge in [0.2, 0.25) is 0 Å². The van der Waals surface area contributed by atoms with Crippen LogP contribution in [0, 0.1) is 0 Å². The van der Waals surface area contributed by atoms with Gasteiger partial charge in [-0.25, -0.2) is 9.78 Å². The van der Waals surface area contributed by atoms with Crippen molar-refractivity contribution in [2.45, 2.75) is 0 Å². The maximum Gasteiger partial charge on any atom is 0.437 e. The summed E-state index contributed by atoms with van der Waals surface area (Å²) in [6, 6.07) is 6.54. The van der Waals surface area contributed by atoms with E-state index in [1.165, 1.54) is 6.21 Å². The second kappa shape index (κ2) is 6.90. The molecule has 2 aromatic rings. The molecule has 1 N–H and O–H groups in total. The molecule has 1 aromatic heterocycles. The van der Waals surface area contributed by atoms with Crippen LogP contribution in [0.2, 0.25) is 14.6 Å². The lowest BCUT2D eigenvalue weighted by molar-refractivity contribution is 0.167.